The number of carbonyl (C=O) groups excluding carboxylic acids is 2. The molecule has 0 saturated heterocycles. The smallest absolute Gasteiger partial charge is 0.348 e. The normalized spacial score (nSPS) is 12.4. The first-order chi connectivity index (χ1) is 14.0. The molecule has 0 radical (unpaired) electrons. The van der Waals surface area contributed by atoms with E-state index in [-0.39, 0.29) is 10.6 Å². The van der Waals surface area contributed by atoms with E-state index in [2.05, 4.69) is 5.32 Å². The van der Waals surface area contributed by atoms with E-state index in [1.165, 1.54) is 18.2 Å². The van der Waals surface area contributed by atoms with E-state index in [9.17, 15) is 19.7 Å². The monoisotopic (exact) mass is 414 g/mol. The number of carbonyl (C=O) groups is 2. The zero-order valence-corrected chi connectivity index (χ0v) is 15.7. The highest BCUT2D eigenvalue weighted by Gasteiger charge is 2.17. The summed E-state index contributed by atoms with van der Waals surface area (Å²) < 4.78 is 16.6. The minimum atomic E-state index is -0.675. The lowest BCUT2D eigenvalue weighted by molar-refractivity contribution is -0.384. The van der Waals surface area contributed by atoms with Crippen LogP contribution in [0.2, 0.25) is 0 Å². The number of nitrogens with one attached hydrogen (secondary N) is 1. The van der Waals surface area contributed by atoms with Crippen molar-refractivity contribution in [3.8, 4) is 11.5 Å². The molecule has 1 aliphatic rings. The molecule has 0 atom stereocenters. The topological polar surface area (TPSA) is 117 Å². The van der Waals surface area contributed by atoms with Crippen molar-refractivity contribution in [2.45, 2.75) is 0 Å². The molecule has 0 spiro atoms. The maximum absolute atomic E-state index is 12.2. The number of esters is 1. The number of rotatable bonds is 5. The van der Waals surface area contributed by atoms with Crippen LogP contribution in [0.1, 0.15) is 9.67 Å². The predicted molar refractivity (Wildman–Crippen MR) is 105 cm³/mol. The summed E-state index contributed by atoms with van der Waals surface area (Å²) in [5.74, 6) is -0.0472. The molecule has 1 aromatic heterocycles. The van der Waals surface area contributed by atoms with Crippen molar-refractivity contribution in [1.82, 2.24) is 0 Å². The molecule has 1 amide bonds. The van der Waals surface area contributed by atoms with Crippen molar-refractivity contribution in [3.63, 3.8) is 0 Å². The number of amides is 1. The van der Waals surface area contributed by atoms with Crippen LogP contribution in [0, 0.1) is 10.1 Å². The number of nitrogens with zero attached hydrogens (tertiary/aromatic N) is 1. The molecule has 0 fully saturated rings. The Morgan fingerprint density at radius 2 is 1.90 bits per heavy atom. The molecule has 2 heterocycles. The summed E-state index contributed by atoms with van der Waals surface area (Å²) in [7, 11) is 0. The number of anilines is 1. The molecule has 2 aromatic carbocycles. The zero-order chi connectivity index (χ0) is 20.4. The predicted octanol–water partition coefficient (Wildman–Crippen LogP) is 3.38. The number of non-ortho nitro benzene ring substituents is 1. The average Bonchev–Trinajstić information content (AvgIpc) is 3.15. The fraction of sp³-hybridized carbons (Fsp3) is 0.158. The molecule has 0 bridgehead atoms. The molecule has 1 N–H and O–H groups in total. The summed E-state index contributed by atoms with van der Waals surface area (Å²) in [6.07, 6.45) is 0. The number of hydrogen-bond acceptors (Lipinski definition) is 8. The lowest BCUT2D eigenvalue weighted by atomic mass is 10.2. The maximum atomic E-state index is 12.2. The Balaban J connectivity index is 1.37. The number of benzene rings is 2. The molecule has 148 valence electrons. The van der Waals surface area contributed by atoms with Gasteiger partial charge < -0.3 is 19.5 Å². The molecule has 29 heavy (non-hydrogen) atoms. The Labute approximate surface area is 167 Å². The first-order valence-electron chi connectivity index (χ1n) is 8.54. The number of ether oxygens (including phenoxy) is 3. The van der Waals surface area contributed by atoms with Crippen molar-refractivity contribution in [3.05, 3.63) is 57.5 Å². The van der Waals surface area contributed by atoms with E-state index in [1.807, 2.05) is 0 Å². The minimum Gasteiger partial charge on any atom is -0.486 e. The van der Waals surface area contributed by atoms with Crippen LogP contribution in [0.15, 0.2) is 42.5 Å². The van der Waals surface area contributed by atoms with Gasteiger partial charge in [0, 0.05) is 34.0 Å². The molecule has 10 heteroatoms. The first-order valence-corrected chi connectivity index (χ1v) is 9.36. The van der Waals surface area contributed by atoms with Gasteiger partial charge in [0.15, 0.2) is 18.1 Å². The van der Waals surface area contributed by atoms with E-state index in [1.54, 1.807) is 24.3 Å². The largest absolute Gasteiger partial charge is 0.486 e. The first kappa shape index (κ1) is 18.7. The van der Waals surface area contributed by atoms with Gasteiger partial charge >= 0.3 is 5.97 Å². The fourth-order valence-electron chi connectivity index (χ4n) is 2.77. The summed E-state index contributed by atoms with van der Waals surface area (Å²) in [6, 6.07) is 10.8. The molecule has 3 aromatic rings. The number of nitro benzene ring substituents is 1. The molecule has 0 saturated carbocycles. The van der Waals surface area contributed by atoms with Gasteiger partial charge in [0.2, 0.25) is 0 Å². The summed E-state index contributed by atoms with van der Waals surface area (Å²) in [5, 5.41) is 14.0. The number of nitro groups is 1. The second-order valence-electron chi connectivity index (χ2n) is 6.07. The Morgan fingerprint density at radius 3 is 2.69 bits per heavy atom. The van der Waals surface area contributed by atoms with Gasteiger partial charge in [-0.25, -0.2) is 4.79 Å². The van der Waals surface area contributed by atoms with Crippen molar-refractivity contribution >= 4 is 44.7 Å². The molecule has 9 nitrogen and oxygen atoms in total. The van der Waals surface area contributed by atoms with Gasteiger partial charge in [0.1, 0.15) is 18.1 Å². The van der Waals surface area contributed by atoms with Crippen molar-refractivity contribution in [1.29, 1.82) is 0 Å². The summed E-state index contributed by atoms with van der Waals surface area (Å²) in [6.45, 7) is 0.432. The molecule has 4 rings (SSSR count). The summed E-state index contributed by atoms with van der Waals surface area (Å²) in [5.41, 5.74) is 0.429. The summed E-state index contributed by atoms with van der Waals surface area (Å²) >= 11 is 1.14. The number of fused-ring (bicyclic) bond motifs is 2. The molecule has 0 aliphatic carbocycles. The zero-order valence-electron chi connectivity index (χ0n) is 14.9. The van der Waals surface area contributed by atoms with Crippen molar-refractivity contribution < 1.29 is 28.7 Å². The van der Waals surface area contributed by atoms with E-state index in [0.717, 1.165) is 11.3 Å². The van der Waals surface area contributed by atoms with Crippen LogP contribution in [0.3, 0.4) is 0 Å². The van der Waals surface area contributed by atoms with Crippen LogP contribution in [-0.4, -0.2) is 36.6 Å². The van der Waals surface area contributed by atoms with Gasteiger partial charge in [0.05, 0.1) is 4.92 Å². The van der Waals surface area contributed by atoms with Crippen LogP contribution >= 0.6 is 11.3 Å². The Morgan fingerprint density at radius 1 is 1.10 bits per heavy atom. The van der Waals surface area contributed by atoms with Crippen LogP contribution in [0.4, 0.5) is 11.4 Å². The lowest BCUT2D eigenvalue weighted by Crippen LogP contribution is -2.21. The van der Waals surface area contributed by atoms with Crippen LogP contribution in [-0.2, 0) is 9.53 Å². The van der Waals surface area contributed by atoms with E-state index < -0.39 is 23.4 Å². The molecule has 0 unspecified atom stereocenters. The van der Waals surface area contributed by atoms with Gasteiger partial charge in [-0.15, -0.1) is 11.3 Å². The number of hydrogen-bond donors (Lipinski definition) is 1. The molecule has 1 aliphatic heterocycles. The van der Waals surface area contributed by atoms with Crippen LogP contribution in [0.25, 0.3) is 10.1 Å². The molecular formula is C19H14N2O7S. The Hall–Kier alpha value is -3.66. The fourth-order valence-corrected chi connectivity index (χ4v) is 3.70. The third kappa shape index (κ3) is 4.11. The van der Waals surface area contributed by atoms with Gasteiger partial charge in [-0.1, -0.05) is 0 Å². The van der Waals surface area contributed by atoms with E-state index in [4.69, 9.17) is 14.2 Å². The summed E-state index contributed by atoms with van der Waals surface area (Å²) in [4.78, 5) is 34.9. The highest BCUT2D eigenvalue weighted by molar-refractivity contribution is 7.20. The third-order valence-corrected chi connectivity index (χ3v) is 5.17. The number of thiophene rings is 1. The van der Waals surface area contributed by atoms with Gasteiger partial charge in [-0.05, 0) is 24.3 Å². The third-order valence-electron chi connectivity index (χ3n) is 4.07. The highest BCUT2D eigenvalue weighted by Crippen LogP contribution is 2.32. The van der Waals surface area contributed by atoms with Gasteiger partial charge in [-0.3, -0.25) is 14.9 Å². The lowest BCUT2D eigenvalue weighted by Gasteiger charge is -2.18. The Bertz CT molecular complexity index is 1120. The van der Waals surface area contributed by atoms with Gasteiger partial charge in [0.25, 0.3) is 11.6 Å². The van der Waals surface area contributed by atoms with Crippen LogP contribution in [0.5, 0.6) is 11.5 Å². The van der Waals surface area contributed by atoms with Crippen molar-refractivity contribution in [2.75, 3.05) is 25.1 Å². The SMILES string of the molecule is O=C(COC(=O)c1cc2cc([N+](=O)[O-])ccc2s1)Nc1ccc2c(c1)OCCO2. The Kier molecular flexibility index (Phi) is 5.00. The highest BCUT2D eigenvalue weighted by atomic mass is 32.1. The van der Waals surface area contributed by atoms with Crippen LogP contribution < -0.4 is 14.8 Å². The minimum absolute atomic E-state index is 0.0611. The second-order valence-corrected chi connectivity index (χ2v) is 7.16. The molecular weight excluding hydrogens is 400 g/mol. The maximum Gasteiger partial charge on any atom is 0.348 e. The van der Waals surface area contributed by atoms with E-state index in [0.29, 0.717) is 40.5 Å². The van der Waals surface area contributed by atoms with E-state index >= 15 is 0 Å². The second kappa shape index (κ2) is 7.76. The standard InChI is InChI=1S/C19H14N2O7S/c22-18(20-12-1-3-14-15(9-12)27-6-5-26-14)10-28-19(23)17-8-11-7-13(21(24)25)2-4-16(11)29-17/h1-4,7-9H,5-6,10H2,(H,20,22). The van der Waals surface area contributed by atoms with Gasteiger partial charge in [-0.2, -0.15) is 0 Å². The van der Waals surface area contributed by atoms with Crippen molar-refractivity contribution in [2.24, 2.45) is 0 Å². The average molecular weight is 414 g/mol. The quantitative estimate of drug-likeness (QED) is 0.386.